The Bertz CT molecular complexity index is 349. The summed E-state index contributed by atoms with van der Waals surface area (Å²) in [6, 6.07) is -1.08. The second-order valence-electron chi connectivity index (χ2n) is 5.38. The fourth-order valence-corrected chi connectivity index (χ4v) is 3.50. The van der Waals surface area contributed by atoms with E-state index in [0.717, 1.165) is 0 Å². The van der Waals surface area contributed by atoms with Crippen molar-refractivity contribution in [3.05, 3.63) is 0 Å². The molecule has 1 heterocycles. The van der Waals surface area contributed by atoms with Gasteiger partial charge in [-0.25, -0.2) is 9.59 Å². The average Bonchev–Trinajstić information content (AvgIpc) is 2.78. The molecule has 0 spiro atoms. The van der Waals surface area contributed by atoms with Crippen LogP contribution in [0.1, 0.15) is 27.7 Å². The van der Waals surface area contributed by atoms with Gasteiger partial charge >= 0.3 is 12.0 Å². The van der Waals surface area contributed by atoms with Crippen molar-refractivity contribution in [3.8, 4) is 0 Å². The zero-order chi connectivity index (χ0) is 15.3. The van der Waals surface area contributed by atoms with Crippen molar-refractivity contribution in [1.29, 1.82) is 0 Å². The molecule has 6 nitrogen and oxygen atoms in total. The number of carboxylic acids is 1. The maximum absolute atomic E-state index is 12.2. The molecule has 20 heavy (non-hydrogen) atoms. The van der Waals surface area contributed by atoms with Gasteiger partial charge in [-0.05, 0) is 19.8 Å². The zero-order valence-electron chi connectivity index (χ0n) is 12.5. The summed E-state index contributed by atoms with van der Waals surface area (Å²) in [4.78, 5) is 24.9. The highest BCUT2D eigenvalue weighted by atomic mass is 32.2. The van der Waals surface area contributed by atoms with Crippen LogP contribution < -0.4 is 5.32 Å². The van der Waals surface area contributed by atoms with Crippen molar-refractivity contribution < 1.29 is 19.4 Å². The molecule has 2 unspecified atom stereocenters. The highest BCUT2D eigenvalue weighted by Gasteiger charge is 2.42. The number of carbonyl (C=O) groups is 2. The van der Waals surface area contributed by atoms with E-state index in [4.69, 9.17) is 4.74 Å². The molecule has 0 bridgehead atoms. The number of nitrogens with zero attached hydrogens (tertiary/aromatic N) is 1. The Labute approximate surface area is 124 Å². The van der Waals surface area contributed by atoms with Crippen molar-refractivity contribution in [2.45, 2.75) is 45.2 Å². The first kappa shape index (κ1) is 17.1. The van der Waals surface area contributed by atoms with Crippen LogP contribution >= 0.6 is 11.8 Å². The smallest absolute Gasteiger partial charge is 0.327 e. The van der Waals surface area contributed by atoms with Crippen LogP contribution in [0.2, 0.25) is 0 Å². The summed E-state index contributed by atoms with van der Waals surface area (Å²) >= 11 is 1.52. The lowest BCUT2D eigenvalue weighted by Crippen LogP contribution is -2.51. The number of ether oxygens (including phenoxy) is 1. The van der Waals surface area contributed by atoms with Crippen LogP contribution in [0, 0.1) is 5.92 Å². The van der Waals surface area contributed by atoms with E-state index in [1.807, 2.05) is 27.7 Å². The number of urea groups is 1. The second kappa shape index (κ2) is 7.73. The van der Waals surface area contributed by atoms with Gasteiger partial charge in [-0.3, -0.25) is 4.90 Å². The lowest BCUT2D eigenvalue weighted by molar-refractivity contribution is -0.141. The molecule has 116 valence electrons. The van der Waals surface area contributed by atoms with E-state index >= 15 is 0 Å². The molecule has 1 aliphatic rings. The molecule has 0 aromatic heterocycles. The Morgan fingerprint density at radius 2 is 2.05 bits per heavy atom. The molecular weight excluding hydrogens is 280 g/mol. The quantitative estimate of drug-likeness (QED) is 0.729. The molecular formula is C13H24N2O4S. The first-order valence-electron chi connectivity index (χ1n) is 6.86. The fourth-order valence-electron chi connectivity index (χ4n) is 2.03. The monoisotopic (exact) mass is 304 g/mol. The summed E-state index contributed by atoms with van der Waals surface area (Å²) in [5.41, 5.74) is 0. The zero-order valence-corrected chi connectivity index (χ0v) is 13.3. The number of carboxylic acid groups (broad SMARTS) is 1. The Balaban J connectivity index is 2.58. The van der Waals surface area contributed by atoms with Gasteiger partial charge in [0.1, 0.15) is 6.04 Å². The van der Waals surface area contributed by atoms with Crippen LogP contribution in [0.4, 0.5) is 4.79 Å². The van der Waals surface area contributed by atoms with Gasteiger partial charge in [-0.15, -0.1) is 11.8 Å². The summed E-state index contributed by atoms with van der Waals surface area (Å²) < 4.78 is 5.35. The molecule has 1 aliphatic heterocycles. The fraction of sp³-hybridized carbons (Fsp3) is 0.846. The standard InChI is InChI=1S/C13H24N2O4S/c1-8(2)11-15(10(7-20-11)12(16)17)13(18)14-5-6-19-9(3)4/h8-11H,5-7H2,1-4H3,(H,14,18)(H,16,17). The molecule has 1 saturated heterocycles. The molecule has 0 aliphatic carbocycles. The van der Waals surface area contributed by atoms with Crippen molar-refractivity contribution in [3.63, 3.8) is 0 Å². The van der Waals surface area contributed by atoms with Crippen LogP contribution in [-0.2, 0) is 9.53 Å². The number of thioether (sulfide) groups is 1. The Morgan fingerprint density at radius 1 is 1.40 bits per heavy atom. The normalized spacial score (nSPS) is 22.6. The third-order valence-electron chi connectivity index (χ3n) is 2.95. The molecule has 2 amide bonds. The van der Waals surface area contributed by atoms with E-state index < -0.39 is 12.0 Å². The van der Waals surface area contributed by atoms with Crippen LogP contribution in [0.3, 0.4) is 0 Å². The predicted octanol–water partition coefficient (Wildman–Crippen LogP) is 1.61. The van der Waals surface area contributed by atoms with E-state index in [1.54, 1.807) is 0 Å². The number of hydrogen-bond acceptors (Lipinski definition) is 4. The van der Waals surface area contributed by atoms with Gasteiger partial charge in [0.25, 0.3) is 0 Å². The van der Waals surface area contributed by atoms with E-state index in [-0.39, 0.29) is 23.4 Å². The predicted molar refractivity (Wildman–Crippen MR) is 78.8 cm³/mol. The highest BCUT2D eigenvalue weighted by molar-refractivity contribution is 8.00. The van der Waals surface area contributed by atoms with Crippen LogP contribution in [0.15, 0.2) is 0 Å². The minimum Gasteiger partial charge on any atom is -0.480 e. The lowest BCUT2D eigenvalue weighted by atomic mass is 10.2. The first-order valence-corrected chi connectivity index (χ1v) is 7.91. The number of carbonyl (C=O) groups excluding carboxylic acids is 1. The van der Waals surface area contributed by atoms with Crippen molar-refractivity contribution in [1.82, 2.24) is 10.2 Å². The first-order chi connectivity index (χ1) is 9.34. The van der Waals surface area contributed by atoms with Gasteiger partial charge in [-0.1, -0.05) is 13.8 Å². The topological polar surface area (TPSA) is 78.9 Å². The third kappa shape index (κ3) is 4.56. The van der Waals surface area contributed by atoms with Crippen molar-refractivity contribution in [2.24, 2.45) is 5.92 Å². The summed E-state index contributed by atoms with van der Waals surface area (Å²) in [6.07, 6.45) is 0.115. The van der Waals surface area contributed by atoms with E-state index in [1.165, 1.54) is 16.7 Å². The van der Waals surface area contributed by atoms with E-state index in [0.29, 0.717) is 18.9 Å². The molecule has 0 aromatic rings. The van der Waals surface area contributed by atoms with Gasteiger partial charge in [-0.2, -0.15) is 0 Å². The van der Waals surface area contributed by atoms with Gasteiger partial charge < -0.3 is 15.2 Å². The summed E-state index contributed by atoms with van der Waals surface area (Å²) in [5, 5.41) is 11.9. The SMILES string of the molecule is CC(C)OCCNC(=O)N1C(C(=O)O)CSC1C(C)C. The minimum atomic E-state index is -0.950. The molecule has 7 heteroatoms. The summed E-state index contributed by atoms with van der Waals surface area (Å²) in [5.74, 6) is -0.301. The van der Waals surface area contributed by atoms with Crippen LogP contribution in [0.5, 0.6) is 0 Å². The maximum Gasteiger partial charge on any atom is 0.327 e. The van der Waals surface area contributed by atoms with E-state index in [9.17, 15) is 14.7 Å². The number of aliphatic carboxylic acids is 1. The molecule has 2 atom stereocenters. The van der Waals surface area contributed by atoms with Crippen LogP contribution in [0.25, 0.3) is 0 Å². The Morgan fingerprint density at radius 3 is 2.55 bits per heavy atom. The maximum atomic E-state index is 12.2. The van der Waals surface area contributed by atoms with Gasteiger partial charge in [0.2, 0.25) is 0 Å². The molecule has 1 fully saturated rings. The van der Waals surface area contributed by atoms with Crippen molar-refractivity contribution in [2.75, 3.05) is 18.9 Å². The van der Waals surface area contributed by atoms with Crippen LogP contribution in [-0.4, -0.2) is 58.4 Å². The number of rotatable bonds is 6. The van der Waals surface area contributed by atoms with Crippen molar-refractivity contribution >= 4 is 23.8 Å². The summed E-state index contributed by atoms with van der Waals surface area (Å²) in [6.45, 7) is 8.64. The summed E-state index contributed by atoms with van der Waals surface area (Å²) in [7, 11) is 0. The minimum absolute atomic E-state index is 0.0953. The van der Waals surface area contributed by atoms with Gasteiger partial charge in [0.15, 0.2) is 0 Å². The molecule has 0 saturated carbocycles. The molecule has 0 radical (unpaired) electrons. The third-order valence-corrected chi connectivity index (χ3v) is 4.58. The van der Waals surface area contributed by atoms with Gasteiger partial charge in [0.05, 0.1) is 18.1 Å². The Kier molecular flexibility index (Phi) is 6.61. The number of amides is 2. The molecule has 0 aromatic carbocycles. The molecule has 1 rings (SSSR count). The lowest BCUT2D eigenvalue weighted by Gasteiger charge is -2.29. The van der Waals surface area contributed by atoms with E-state index in [2.05, 4.69) is 5.32 Å². The molecule has 2 N–H and O–H groups in total. The second-order valence-corrected chi connectivity index (χ2v) is 6.53. The van der Waals surface area contributed by atoms with Gasteiger partial charge in [0, 0.05) is 12.3 Å². The number of hydrogen-bond donors (Lipinski definition) is 2. The highest BCUT2D eigenvalue weighted by Crippen LogP contribution is 2.33. The number of nitrogens with one attached hydrogen (secondary N) is 1. The average molecular weight is 304 g/mol. The largest absolute Gasteiger partial charge is 0.480 e. The Hall–Kier alpha value is -0.950.